The number of amides is 4. The molecule has 0 aromatic rings. The maximum atomic E-state index is 13.0. The maximum Gasteiger partial charge on any atom is 0.326 e. The van der Waals surface area contributed by atoms with Crippen molar-refractivity contribution in [3.05, 3.63) is 0 Å². The van der Waals surface area contributed by atoms with E-state index in [9.17, 15) is 33.9 Å². The molecule has 16 nitrogen and oxygen atoms in total. The molecule has 38 heavy (non-hydrogen) atoms. The van der Waals surface area contributed by atoms with Crippen molar-refractivity contribution >= 4 is 53.3 Å². The Labute approximate surface area is 224 Å². The highest BCUT2D eigenvalue weighted by atomic mass is 32.2. The van der Waals surface area contributed by atoms with Gasteiger partial charge in [0, 0.05) is 19.4 Å². The number of rotatable bonds is 20. The molecule has 13 N–H and O–H groups in total. The fraction of sp³-hybridized carbons (Fsp3) is 0.667. The topological polar surface area (TPSA) is 295 Å². The number of nitrogens with two attached hydrogens (primary N) is 4. The molecule has 17 heteroatoms. The summed E-state index contributed by atoms with van der Waals surface area (Å²) in [4.78, 5) is 75.9. The minimum atomic E-state index is -1.43. The lowest BCUT2D eigenvalue weighted by Crippen LogP contribution is -2.57. The van der Waals surface area contributed by atoms with Crippen LogP contribution in [-0.4, -0.2) is 94.5 Å². The number of nitrogens with zero attached hydrogens (tertiary/aromatic N) is 1. The molecule has 0 saturated heterocycles. The molecule has 0 spiro atoms. The molecule has 0 bridgehead atoms. The Morgan fingerprint density at radius 2 is 1.32 bits per heavy atom. The smallest absolute Gasteiger partial charge is 0.326 e. The molecule has 0 aromatic heterocycles. The number of aliphatic carboxylic acids is 2. The molecule has 0 aliphatic rings. The lowest BCUT2D eigenvalue weighted by Gasteiger charge is -2.25. The number of thioether (sulfide) groups is 1. The maximum absolute atomic E-state index is 13.0. The molecular weight excluding hydrogens is 524 g/mol. The van der Waals surface area contributed by atoms with E-state index in [0.717, 1.165) is 0 Å². The Bertz CT molecular complexity index is 868. The van der Waals surface area contributed by atoms with Gasteiger partial charge in [-0.3, -0.25) is 29.0 Å². The summed E-state index contributed by atoms with van der Waals surface area (Å²) in [5.41, 5.74) is 21.5. The second-order valence-corrected chi connectivity index (χ2v) is 9.28. The molecule has 4 unspecified atom stereocenters. The predicted octanol–water partition coefficient (Wildman–Crippen LogP) is -3.21. The molecule has 0 rings (SSSR count). The summed E-state index contributed by atoms with van der Waals surface area (Å²) in [6.07, 6.45) is 0.994. The first kappa shape index (κ1) is 34.4. The van der Waals surface area contributed by atoms with Gasteiger partial charge in [0.2, 0.25) is 23.6 Å². The second-order valence-electron chi connectivity index (χ2n) is 8.30. The minimum Gasteiger partial charge on any atom is -0.481 e. The molecule has 0 aromatic carbocycles. The molecule has 4 atom stereocenters. The minimum absolute atomic E-state index is 0.0974. The molecule has 0 aliphatic heterocycles. The van der Waals surface area contributed by atoms with Gasteiger partial charge in [0.25, 0.3) is 0 Å². The highest BCUT2D eigenvalue weighted by molar-refractivity contribution is 7.98. The zero-order valence-corrected chi connectivity index (χ0v) is 22.0. The number of carboxylic acid groups (broad SMARTS) is 2. The number of primary amides is 1. The van der Waals surface area contributed by atoms with Crippen molar-refractivity contribution in [1.29, 1.82) is 0 Å². The highest BCUT2D eigenvalue weighted by Crippen LogP contribution is 2.07. The summed E-state index contributed by atoms with van der Waals surface area (Å²) in [5, 5.41) is 25.4. The average Bonchev–Trinajstić information content (AvgIpc) is 2.83. The Morgan fingerprint density at radius 3 is 1.79 bits per heavy atom. The summed E-state index contributed by atoms with van der Waals surface area (Å²) in [6, 6.07) is -5.09. The summed E-state index contributed by atoms with van der Waals surface area (Å²) in [6.45, 7) is 0.226. The summed E-state index contributed by atoms with van der Waals surface area (Å²) in [7, 11) is 0. The van der Waals surface area contributed by atoms with Gasteiger partial charge in [0.05, 0.1) is 6.04 Å². The molecule has 0 aliphatic carbocycles. The lowest BCUT2D eigenvalue weighted by atomic mass is 10.1. The average molecular weight is 563 g/mol. The largest absolute Gasteiger partial charge is 0.481 e. The summed E-state index contributed by atoms with van der Waals surface area (Å²) < 4.78 is 0. The van der Waals surface area contributed by atoms with E-state index < -0.39 is 66.2 Å². The van der Waals surface area contributed by atoms with Gasteiger partial charge in [0.15, 0.2) is 5.96 Å². The van der Waals surface area contributed by atoms with Crippen LogP contribution in [0.15, 0.2) is 4.99 Å². The third-order valence-electron chi connectivity index (χ3n) is 5.12. The zero-order valence-electron chi connectivity index (χ0n) is 21.2. The fourth-order valence-electron chi connectivity index (χ4n) is 3.06. The normalized spacial score (nSPS) is 13.7. The molecule has 0 heterocycles. The number of guanidine groups is 1. The highest BCUT2D eigenvalue weighted by Gasteiger charge is 2.30. The van der Waals surface area contributed by atoms with Gasteiger partial charge >= 0.3 is 11.9 Å². The van der Waals surface area contributed by atoms with E-state index in [-0.39, 0.29) is 44.6 Å². The van der Waals surface area contributed by atoms with Crippen LogP contribution in [0.1, 0.15) is 44.9 Å². The monoisotopic (exact) mass is 562 g/mol. The van der Waals surface area contributed by atoms with Gasteiger partial charge in [-0.05, 0) is 44.1 Å². The van der Waals surface area contributed by atoms with Crippen molar-refractivity contribution in [2.75, 3.05) is 18.6 Å². The summed E-state index contributed by atoms with van der Waals surface area (Å²) >= 11 is 1.37. The Balaban J connectivity index is 5.53. The number of aliphatic imine (C=N–C) groups is 1. The van der Waals surface area contributed by atoms with Crippen LogP contribution in [0, 0.1) is 0 Å². The van der Waals surface area contributed by atoms with E-state index in [1.165, 1.54) is 11.8 Å². The van der Waals surface area contributed by atoms with Gasteiger partial charge in [0.1, 0.15) is 18.1 Å². The van der Waals surface area contributed by atoms with Crippen LogP contribution < -0.4 is 38.9 Å². The summed E-state index contributed by atoms with van der Waals surface area (Å²) in [5.74, 6) is -5.54. The number of carbonyl (C=O) groups is 6. The number of hydrogen-bond acceptors (Lipinski definition) is 9. The van der Waals surface area contributed by atoms with Crippen molar-refractivity contribution in [2.45, 2.75) is 69.1 Å². The first-order valence-corrected chi connectivity index (χ1v) is 13.1. The van der Waals surface area contributed by atoms with E-state index in [1.807, 2.05) is 0 Å². The predicted molar refractivity (Wildman–Crippen MR) is 140 cm³/mol. The number of nitrogens with one attached hydrogen (secondary N) is 3. The van der Waals surface area contributed by atoms with E-state index in [2.05, 4.69) is 20.9 Å². The second kappa shape index (κ2) is 18.6. The molecule has 0 fully saturated rings. The fourth-order valence-corrected chi connectivity index (χ4v) is 3.53. The first-order chi connectivity index (χ1) is 17.8. The van der Waals surface area contributed by atoms with Crippen molar-refractivity contribution in [3.8, 4) is 0 Å². The van der Waals surface area contributed by atoms with Gasteiger partial charge < -0.3 is 49.1 Å². The van der Waals surface area contributed by atoms with Crippen LogP contribution in [-0.2, 0) is 28.8 Å². The Hall–Kier alpha value is -3.60. The quantitative estimate of drug-likeness (QED) is 0.0402. The molecule has 0 radical (unpaired) electrons. The first-order valence-electron chi connectivity index (χ1n) is 11.7. The van der Waals surface area contributed by atoms with Crippen LogP contribution in [0.4, 0.5) is 0 Å². The van der Waals surface area contributed by atoms with Gasteiger partial charge in [-0.1, -0.05) is 0 Å². The van der Waals surface area contributed by atoms with Crippen LogP contribution >= 0.6 is 11.8 Å². The Kier molecular flexibility index (Phi) is 16.9. The van der Waals surface area contributed by atoms with Gasteiger partial charge in [-0.25, -0.2) is 4.79 Å². The molecule has 216 valence electrons. The number of hydrogen-bond donors (Lipinski definition) is 9. The van der Waals surface area contributed by atoms with Crippen LogP contribution in [0.3, 0.4) is 0 Å². The number of carbonyl (C=O) groups excluding carboxylic acids is 4. The van der Waals surface area contributed by atoms with Crippen molar-refractivity contribution in [2.24, 2.45) is 27.9 Å². The van der Waals surface area contributed by atoms with Gasteiger partial charge in [-0.2, -0.15) is 11.8 Å². The zero-order chi connectivity index (χ0) is 29.3. The third kappa shape index (κ3) is 15.5. The molecular formula is C21H38N8O8S. The van der Waals surface area contributed by atoms with Crippen LogP contribution in [0.5, 0.6) is 0 Å². The van der Waals surface area contributed by atoms with Crippen LogP contribution in [0.2, 0.25) is 0 Å². The van der Waals surface area contributed by atoms with E-state index in [0.29, 0.717) is 12.2 Å². The Morgan fingerprint density at radius 1 is 0.789 bits per heavy atom. The molecule has 0 saturated carbocycles. The van der Waals surface area contributed by atoms with E-state index in [4.69, 9.17) is 28.0 Å². The van der Waals surface area contributed by atoms with Crippen LogP contribution in [0.25, 0.3) is 0 Å². The van der Waals surface area contributed by atoms with Gasteiger partial charge in [-0.15, -0.1) is 0 Å². The van der Waals surface area contributed by atoms with Crippen molar-refractivity contribution in [1.82, 2.24) is 16.0 Å². The number of carboxylic acids is 2. The van der Waals surface area contributed by atoms with E-state index >= 15 is 0 Å². The SMILES string of the molecule is CSCCC(NC(=O)C(CCC(=O)O)NC(=O)C(CCC(N)=O)NC(=O)C(N)CCCN=C(N)N)C(=O)O. The lowest BCUT2D eigenvalue weighted by molar-refractivity contribution is -0.143. The molecule has 4 amide bonds. The standard InChI is InChI=1S/C21H38N8O8S/c1-38-10-8-14(20(36)37)29-19(35)13(5-7-16(31)32)28-18(34)12(4-6-15(23)30)27-17(33)11(22)3-2-9-26-21(24)25/h11-14H,2-10,22H2,1H3,(H2,23,30)(H,27,33)(H,28,34)(H,29,35)(H,31,32)(H,36,37)(H4,24,25,26). The van der Waals surface area contributed by atoms with E-state index in [1.54, 1.807) is 6.26 Å². The van der Waals surface area contributed by atoms with Crippen molar-refractivity contribution < 1.29 is 39.0 Å². The third-order valence-corrected chi connectivity index (χ3v) is 5.77. The van der Waals surface area contributed by atoms with Crippen molar-refractivity contribution in [3.63, 3.8) is 0 Å².